The summed E-state index contributed by atoms with van der Waals surface area (Å²) in [5.74, 6) is 0.846. The molecule has 5 heteroatoms. The lowest BCUT2D eigenvalue weighted by Crippen LogP contribution is -1.95. The van der Waals surface area contributed by atoms with Gasteiger partial charge in [0.15, 0.2) is 0 Å². The molecule has 0 radical (unpaired) electrons. The summed E-state index contributed by atoms with van der Waals surface area (Å²) in [7, 11) is 0. The van der Waals surface area contributed by atoms with Crippen LogP contribution in [0.4, 0.5) is 11.5 Å². The molecule has 0 unspecified atom stereocenters. The van der Waals surface area contributed by atoms with Crippen molar-refractivity contribution in [1.82, 2.24) is 9.97 Å². The summed E-state index contributed by atoms with van der Waals surface area (Å²) in [5.41, 5.74) is 2.23. The zero-order valence-electron chi connectivity index (χ0n) is 10.6. The van der Waals surface area contributed by atoms with Gasteiger partial charge in [-0.3, -0.25) is 0 Å². The van der Waals surface area contributed by atoms with Crippen LogP contribution in [0.5, 0.6) is 0 Å². The van der Waals surface area contributed by atoms with Crippen molar-refractivity contribution in [3.05, 3.63) is 45.5 Å². The number of hydrogen-bond acceptors (Lipinski definition) is 4. The molecule has 0 saturated heterocycles. The zero-order valence-corrected chi connectivity index (χ0v) is 13.0. The van der Waals surface area contributed by atoms with Gasteiger partial charge in [0.2, 0.25) is 0 Å². The predicted molar refractivity (Wildman–Crippen MR) is 84.3 cm³/mol. The fourth-order valence-corrected chi connectivity index (χ4v) is 3.36. The summed E-state index contributed by atoms with van der Waals surface area (Å²) in [6, 6.07) is 8.32. The number of halogens is 1. The summed E-state index contributed by atoms with van der Waals surface area (Å²) in [4.78, 5) is 10.9. The predicted octanol–water partition coefficient (Wildman–Crippen LogP) is 4.81. The van der Waals surface area contributed by atoms with Gasteiger partial charge >= 0.3 is 0 Å². The van der Waals surface area contributed by atoms with Crippen LogP contribution in [0.15, 0.2) is 35.1 Å². The molecular formula is C14H12BrN3S. The van der Waals surface area contributed by atoms with E-state index in [9.17, 15) is 0 Å². The molecule has 96 valence electrons. The Morgan fingerprint density at radius 1 is 1.16 bits per heavy atom. The normalized spacial score (nSPS) is 10.9. The Labute approximate surface area is 123 Å². The van der Waals surface area contributed by atoms with E-state index >= 15 is 0 Å². The first-order chi connectivity index (χ1) is 9.13. The fraction of sp³-hybridized carbons (Fsp3) is 0.143. The Kier molecular flexibility index (Phi) is 3.24. The van der Waals surface area contributed by atoms with Crippen molar-refractivity contribution < 1.29 is 0 Å². The minimum Gasteiger partial charge on any atom is -0.339 e. The van der Waals surface area contributed by atoms with Crippen LogP contribution >= 0.6 is 27.3 Å². The summed E-state index contributed by atoms with van der Waals surface area (Å²) in [6.45, 7) is 4.15. The van der Waals surface area contributed by atoms with Crippen molar-refractivity contribution in [3.63, 3.8) is 0 Å². The number of benzene rings is 1. The maximum Gasteiger partial charge on any atom is 0.142 e. The smallest absolute Gasteiger partial charge is 0.142 e. The molecule has 19 heavy (non-hydrogen) atoms. The number of anilines is 2. The van der Waals surface area contributed by atoms with Gasteiger partial charge in [-0.25, -0.2) is 9.97 Å². The first-order valence-corrected chi connectivity index (χ1v) is 7.49. The van der Waals surface area contributed by atoms with Gasteiger partial charge in [-0.2, -0.15) is 0 Å². The Bertz CT molecular complexity index is 752. The highest BCUT2D eigenvalue weighted by atomic mass is 79.9. The molecule has 3 nitrogen and oxygen atoms in total. The lowest BCUT2D eigenvalue weighted by molar-refractivity contribution is 1.23. The maximum absolute atomic E-state index is 4.34. The highest BCUT2D eigenvalue weighted by Crippen LogP contribution is 2.31. The number of nitrogens with zero attached hydrogens (tertiary/aromatic N) is 2. The molecule has 0 atom stereocenters. The van der Waals surface area contributed by atoms with Crippen LogP contribution in [0.1, 0.15) is 10.4 Å². The summed E-state index contributed by atoms with van der Waals surface area (Å²) in [6.07, 6.45) is 1.60. The van der Waals surface area contributed by atoms with Gasteiger partial charge in [0.1, 0.15) is 17.0 Å². The lowest BCUT2D eigenvalue weighted by Gasteiger charge is -2.09. The minimum absolute atomic E-state index is 0.846. The van der Waals surface area contributed by atoms with E-state index in [0.717, 1.165) is 26.2 Å². The van der Waals surface area contributed by atoms with E-state index in [-0.39, 0.29) is 0 Å². The van der Waals surface area contributed by atoms with Crippen LogP contribution < -0.4 is 5.32 Å². The second-order valence-electron chi connectivity index (χ2n) is 4.41. The molecule has 0 aliphatic heterocycles. The highest BCUT2D eigenvalue weighted by Gasteiger charge is 2.08. The van der Waals surface area contributed by atoms with Crippen molar-refractivity contribution in [3.8, 4) is 0 Å². The molecule has 0 spiro atoms. The lowest BCUT2D eigenvalue weighted by atomic mass is 10.2. The average molecular weight is 334 g/mol. The van der Waals surface area contributed by atoms with Gasteiger partial charge in [0.25, 0.3) is 0 Å². The van der Waals surface area contributed by atoms with Gasteiger partial charge in [-0.1, -0.05) is 6.07 Å². The van der Waals surface area contributed by atoms with Gasteiger partial charge < -0.3 is 5.32 Å². The van der Waals surface area contributed by atoms with E-state index < -0.39 is 0 Å². The second-order valence-corrected chi connectivity index (χ2v) is 6.50. The molecule has 2 aromatic heterocycles. The van der Waals surface area contributed by atoms with Crippen LogP contribution in [0.25, 0.3) is 10.2 Å². The third-order valence-electron chi connectivity index (χ3n) is 2.83. The Morgan fingerprint density at radius 2 is 2.00 bits per heavy atom. The van der Waals surface area contributed by atoms with Gasteiger partial charge in [0.05, 0.1) is 11.1 Å². The van der Waals surface area contributed by atoms with E-state index in [1.54, 1.807) is 17.7 Å². The maximum atomic E-state index is 4.34. The van der Waals surface area contributed by atoms with Crippen LogP contribution in [0.2, 0.25) is 0 Å². The molecule has 1 N–H and O–H groups in total. The molecule has 3 aromatic rings. The van der Waals surface area contributed by atoms with E-state index in [1.807, 2.05) is 6.07 Å². The van der Waals surface area contributed by atoms with Crippen molar-refractivity contribution in [2.24, 2.45) is 0 Å². The number of nitrogens with one attached hydrogen (secondary N) is 1. The Balaban J connectivity index is 2.05. The van der Waals surface area contributed by atoms with E-state index in [2.05, 4.69) is 63.3 Å². The van der Waals surface area contributed by atoms with Gasteiger partial charge in [-0.15, -0.1) is 11.3 Å². The molecule has 0 aliphatic rings. The summed E-state index contributed by atoms with van der Waals surface area (Å²) >= 11 is 5.25. The molecular weight excluding hydrogens is 322 g/mol. The van der Waals surface area contributed by atoms with Crippen molar-refractivity contribution in [1.29, 1.82) is 0 Å². The minimum atomic E-state index is 0.846. The molecule has 1 aromatic carbocycles. The molecule has 0 aliphatic carbocycles. The third kappa shape index (κ3) is 2.48. The van der Waals surface area contributed by atoms with E-state index in [1.165, 1.54) is 10.4 Å². The SMILES string of the molecule is Cc1ccc(Nc2ncnc3sc(C)cc23)c(Br)c1. The Morgan fingerprint density at radius 3 is 2.79 bits per heavy atom. The largest absolute Gasteiger partial charge is 0.339 e. The van der Waals surface area contributed by atoms with Crippen LogP contribution in [0, 0.1) is 13.8 Å². The molecule has 3 rings (SSSR count). The van der Waals surface area contributed by atoms with Crippen LogP contribution in [-0.4, -0.2) is 9.97 Å². The number of hydrogen-bond donors (Lipinski definition) is 1. The highest BCUT2D eigenvalue weighted by molar-refractivity contribution is 9.10. The number of fused-ring (bicyclic) bond motifs is 1. The Hall–Kier alpha value is -1.46. The van der Waals surface area contributed by atoms with Gasteiger partial charge in [0, 0.05) is 9.35 Å². The number of thiophene rings is 1. The summed E-state index contributed by atoms with van der Waals surface area (Å²) < 4.78 is 1.03. The monoisotopic (exact) mass is 333 g/mol. The first kappa shape index (κ1) is 12.6. The molecule has 0 amide bonds. The zero-order chi connectivity index (χ0) is 13.4. The average Bonchev–Trinajstić information content (AvgIpc) is 2.74. The van der Waals surface area contributed by atoms with Crippen molar-refractivity contribution in [2.45, 2.75) is 13.8 Å². The standard InChI is InChI=1S/C14H12BrN3S/c1-8-3-4-12(11(15)5-8)18-13-10-6-9(2)19-14(10)17-7-16-13/h3-7H,1-2H3,(H,16,17,18). The summed E-state index contributed by atoms with van der Waals surface area (Å²) in [5, 5.41) is 4.43. The number of rotatable bonds is 2. The topological polar surface area (TPSA) is 37.8 Å². The molecule has 0 fully saturated rings. The van der Waals surface area contributed by atoms with Crippen molar-refractivity contribution in [2.75, 3.05) is 5.32 Å². The molecule has 0 bridgehead atoms. The van der Waals surface area contributed by atoms with Crippen molar-refractivity contribution >= 4 is 49.0 Å². The number of aromatic nitrogens is 2. The third-order valence-corrected chi connectivity index (χ3v) is 4.44. The molecule has 0 saturated carbocycles. The van der Waals surface area contributed by atoms with Crippen LogP contribution in [0.3, 0.4) is 0 Å². The van der Waals surface area contributed by atoms with Gasteiger partial charge in [-0.05, 0) is 53.5 Å². The fourth-order valence-electron chi connectivity index (χ4n) is 1.92. The quantitative estimate of drug-likeness (QED) is 0.730. The van der Waals surface area contributed by atoms with E-state index in [0.29, 0.717) is 0 Å². The number of aryl methyl sites for hydroxylation is 2. The molecule has 2 heterocycles. The first-order valence-electron chi connectivity index (χ1n) is 5.88. The van der Waals surface area contributed by atoms with E-state index in [4.69, 9.17) is 0 Å². The second kappa shape index (κ2) is 4.90. The van der Waals surface area contributed by atoms with Crippen LogP contribution in [-0.2, 0) is 0 Å².